The number of nitrogens with zero attached hydrogens (tertiary/aromatic N) is 1. The number of hydrogen-bond donors (Lipinski definition) is 1. The quantitative estimate of drug-likeness (QED) is 0.746. The van der Waals surface area contributed by atoms with Gasteiger partial charge in [-0.25, -0.2) is 13.4 Å². The molecule has 3 rings (SSSR count). The van der Waals surface area contributed by atoms with E-state index >= 15 is 0 Å². The number of nitrogens with one attached hydrogen (secondary N) is 1. The highest BCUT2D eigenvalue weighted by Crippen LogP contribution is 2.23. The van der Waals surface area contributed by atoms with Gasteiger partial charge in [-0.1, -0.05) is 30.3 Å². The molecular formula is C18H16N2O3S2. The molecule has 0 bridgehead atoms. The summed E-state index contributed by atoms with van der Waals surface area (Å²) in [4.78, 5) is 16.9. The Morgan fingerprint density at radius 1 is 1.08 bits per heavy atom. The number of sulfone groups is 1. The Bertz CT molecular complexity index is 979. The standard InChI is InChI=1S/C18H16N2O3S2/c1-25(22,23)16-9-7-13(8-10-16)17(21)19-11-15-12-24-18(20-15)14-5-3-2-4-6-14/h2-10,12H,11H2,1H3,(H,19,21). The minimum absolute atomic E-state index is 0.191. The molecule has 0 saturated carbocycles. The van der Waals surface area contributed by atoms with Crippen molar-refractivity contribution in [3.63, 3.8) is 0 Å². The third kappa shape index (κ3) is 4.32. The maximum Gasteiger partial charge on any atom is 0.251 e. The molecule has 1 N–H and O–H groups in total. The number of aromatic nitrogens is 1. The Morgan fingerprint density at radius 3 is 2.40 bits per heavy atom. The molecule has 2 aromatic carbocycles. The highest BCUT2D eigenvalue weighted by molar-refractivity contribution is 7.90. The molecular weight excluding hydrogens is 356 g/mol. The van der Waals surface area contributed by atoms with E-state index in [9.17, 15) is 13.2 Å². The lowest BCUT2D eigenvalue weighted by Gasteiger charge is -2.04. The Labute approximate surface area is 150 Å². The first-order chi connectivity index (χ1) is 11.9. The SMILES string of the molecule is CS(=O)(=O)c1ccc(C(=O)NCc2csc(-c3ccccc3)n2)cc1. The molecule has 128 valence electrons. The molecule has 0 spiro atoms. The molecule has 3 aromatic rings. The van der Waals surface area contributed by atoms with Crippen LogP contribution >= 0.6 is 11.3 Å². The van der Waals surface area contributed by atoms with Gasteiger partial charge < -0.3 is 5.32 Å². The van der Waals surface area contributed by atoms with Crippen LogP contribution < -0.4 is 5.32 Å². The molecule has 1 amide bonds. The minimum atomic E-state index is -3.26. The minimum Gasteiger partial charge on any atom is -0.346 e. The Morgan fingerprint density at radius 2 is 1.76 bits per heavy atom. The van der Waals surface area contributed by atoms with Crippen molar-refractivity contribution < 1.29 is 13.2 Å². The molecule has 5 nitrogen and oxygen atoms in total. The average Bonchev–Trinajstić information content (AvgIpc) is 3.09. The van der Waals surface area contributed by atoms with Gasteiger partial charge in [0.25, 0.3) is 5.91 Å². The first-order valence-corrected chi connectivity index (χ1v) is 10.3. The summed E-state index contributed by atoms with van der Waals surface area (Å²) in [6.07, 6.45) is 1.13. The Hall–Kier alpha value is -2.51. The van der Waals surface area contributed by atoms with Gasteiger partial charge in [-0.2, -0.15) is 0 Å². The second-order valence-corrected chi connectivity index (χ2v) is 8.36. The number of carbonyl (C=O) groups excluding carboxylic acids is 1. The summed E-state index contributed by atoms with van der Waals surface area (Å²) < 4.78 is 22.9. The van der Waals surface area contributed by atoms with E-state index in [1.165, 1.54) is 35.6 Å². The maximum absolute atomic E-state index is 12.2. The van der Waals surface area contributed by atoms with Crippen molar-refractivity contribution >= 4 is 27.1 Å². The molecule has 7 heteroatoms. The molecule has 0 aliphatic carbocycles. The van der Waals surface area contributed by atoms with Gasteiger partial charge in [0.15, 0.2) is 9.84 Å². The van der Waals surface area contributed by atoms with Gasteiger partial charge in [-0.15, -0.1) is 11.3 Å². The summed E-state index contributed by atoms with van der Waals surface area (Å²) in [5.41, 5.74) is 2.23. The second kappa shape index (κ2) is 7.16. The van der Waals surface area contributed by atoms with Gasteiger partial charge >= 0.3 is 0 Å². The summed E-state index contributed by atoms with van der Waals surface area (Å²) in [6.45, 7) is 0.315. The number of hydrogen-bond acceptors (Lipinski definition) is 5. The number of carbonyl (C=O) groups is 1. The van der Waals surface area contributed by atoms with E-state index < -0.39 is 9.84 Å². The van der Waals surface area contributed by atoms with E-state index in [2.05, 4.69) is 10.3 Å². The van der Waals surface area contributed by atoms with Gasteiger partial charge in [0.1, 0.15) is 5.01 Å². The normalized spacial score (nSPS) is 11.2. The zero-order valence-corrected chi connectivity index (χ0v) is 15.1. The second-order valence-electron chi connectivity index (χ2n) is 5.49. The van der Waals surface area contributed by atoms with Crippen molar-refractivity contribution in [2.24, 2.45) is 0 Å². The van der Waals surface area contributed by atoms with Crippen LogP contribution in [-0.4, -0.2) is 25.6 Å². The zero-order valence-electron chi connectivity index (χ0n) is 13.5. The summed E-state index contributed by atoms with van der Waals surface area (Å²) in [7, 11) is -3.26. The molecule has 0 radical (unpaired) electrons. The van der Waals surface area contributed by atoms with Crippen molar-refractivity contribution in [3.8, 4) is 10.6 Å². The van der Waals surface area contributed by atoms with Crippen molar-refractivity contribution in [1.29, 1.82) is 0 Å². The fourth-order valence-corrected chi connectivity index (χ4v) is 3.68. The van der Waals surface area contributed by atoms with Gasteiger partial charge in [-0.3, -0.25) is 4.79 Å². The first-order valence-electron chi connectivity index (χ1n) is 7.51. The molecule has 0 aliphatic rings. The van der Waals surface area contributed by atoms with Crippen molar-refractivity contribution in [2.75, 3.05) is 6.26 Å². The van der Waals surface area contributed by atoms with E-state index in [1.54, 1.807) is 0 Å². The maximum atomic E-state index is 12.2. The molecule has 1 aromatic heterocycles. The Kier molecular flexibility index (Phi) is 4.96. The van der Waals surface area contributed by atoms with E-state index in [0.29, 0.717) is 12.1 Å². The number of benzene rings is 2. The van der Waals surface area contributed by atoms with Gasteiger partial charge in [0.05, 0.1) is 17.1 Å². The predicted octanol–water partition coefficient (Wildman–Crippen LogP) is 3.14. The molecule has 0 aliphatic heterocycles. The van der Waals surface area contributed by atoms with E-state index in [0.717, 1.165) is 22.5 Å². The molecule has 1 heterocycles. The van der Waals surface area contributed by atoms with E-state index in [1.807, 2.05) is 35.7 Å². The third-order valence-electron chi connectivity index (χ3n) is 3.55. The monoisotopic (exact) mass is 372 g/mol. The van der Waals surface area contributed by atoms with Crippen LogP contribution in [0.2, 0.25) is 0 Å². The van der Waals surface area contributed by atoms with Crippen LogP contribution in [0.5, 0.6) is 0 Å². The molecule has 0 saturated heterocycles. The van der Waals surface area contributed by atoms with Crippen LogP contribution in [0.1, 0.15) is 16.1 Å². The smallest absolute Gasteiger partial charge is 0.251 e. The lowest BCUT2D eigenvalue weighted by Crippen LogP contribution is -2.22. The van der Waals surface area contributed by atoms with Crippen LogP contribution in [0, 0.1) is 0 Å². The topological polar surface area (TPSA) is 76.1 Å². The highest BCUT2D eigenvalue weighted by Gasteiger charge is 2.11. The lowest BCUT2D eigenvalue weighted by molar-refractivity contribution is 0.0950. The van der Waals surface area contributed by atoms with E-state index in [-0.39, 0.29) is 10.8 Å². The van der Waals surface area contributed by atoms with Gasteiger partial charge in [0.2, 0.25) is 0 Å². The Balaban J connectivity index is 1.64. The first kappa shape index (κ1) is 17.3. The van der Waals surface area contributed by atoms with Crippen LogP contribution in [0.4, 0.5) is 0 Å². The average molecular weight is 372 g/mol. The summed E-state index contributed by atoms with van der Waals surface area (Å²) in [6, 6.07) is 15.7. The summed E-state index contributed by atoms with van der Waals surface area (Å²) in [5.74, 6) is -0.269. The van der Waals surface area contributed by atoms with Gasteiger partial charge in [0, 0.05) is 22.8 Å². The lowest BCUT2D eigenvalue weighted by atomic mass is 10.2. The predicted molar refractivity (Wildman–Crippen MR) is 98.3 cm³/mol. The number of rotatable bonds is 5. The number of amides is 1. The summed E-state index contributed by atoms with van der Waals surface area (Å²) >= 11 is 1.53. The highest BCUT2D eigenvalue weighted by atomic mass is 32.2. The van der Waals surface area contributed by atoms with Gasteiger partial charge in [-0.05, 0) is 24.3 Å². The van der Waals surface area contributed by atoms with Crippen molar-refractivity contribution in [2.45, 2.75) is 11.4 Å². The van der Waals surface area contributed by atoms with Crippen LogP contribution in [0.25, 0.3) is 10.6 Å². The largest absolute Gasteiger partial charge is 0.346 e. The molecule has 0 atom stereocenters. The van der Waals surface area contributed by atoms with Crippen LogP contribution in [0.15, 0.2) is 64.9 Å². The van der Waals surface area contributed by atoms with Crippen molar-refractivity contribution in [3.05, 3.63) is 71.2 Å². The molecule has 0 fully saturated rings. The third-order valence-corrected chi connectivity index (χ3v) is 5.62. The van der Waals surface area contributed by atoms with Crippen LogP contribution in [0.3, 0.4) is 0 Å². The number of thiazole rings is 1. The zero-order chi connectivity index (χ0) is 17.9. The van der Waals surface area contributed by atoms with Crippen LogP contribution in [-0.2, 0) is 16.4 Å². The molecule has 25 heavy (non-hydrogen) atoms. The van der Waals surface area contributed by atoms with E-state index in [4.69, 9.17) is 0 Å². The molecule has 0 unspecified atom stereocenters. The summed E-state index contributed by atoms with van der Waals surface area (Å²) in [5, 5.41) is 5.61. The van der Waals surface area contributed by atoms with Crippen molar-refractivity contribution in [1.82, 2.24) is 10.3 Å². The fourth-order valence-electron chi connectivity index (χ4n) is 2.23. The fraction of sp³-hybridized carbons (Fsp3) is 0.111.